The lowest BCUT2D eigenvalue weighted by Gasteiger charge is -2.31. The van der Waals surface area contributed by atoms with Crippen LogP contribution in [0.5, 0.6) is 0 Å². The summed E-state index contributed by atoms with van der Waals surface area (Å²) in [4.78, 5) is 31.8. The van der Waals surface area contributed by atoms with Crippen LogP contribution in [0.15, 0.2) is 42.6 Å². The van der Waals surface area contributed by atoms with Gasteiger partial charge in [-0.15, -0.1) is 5.10 Å². The summed E-state index contributed by atoms with van der Waals surface area (Å²) in [6.45, 7) is 3.09. The van der Waals surface area contributed by atoms with Crippen LogP contribution in [0.1, 0.15) is 50.2 Å². The number of aryl methyl sites for hydroxylation is 1. The number of carbonyl (C=O) groups is 2. The van der Waals surface area contributed by atoms with Crippen molar-refractivity contribution < 1.29 is 14.0 Å². The van der Waals surface area contributed by atoms with Crippen LogP contribution in [0.2, 0.25) is 0 Å². The summed E-state index contributed by atoms with van der Waals surface area (Å²) in [5.41, 5.74) is 2.54. The molecule has 3 heterocycles. The Morgan fingerprint density at radius 3 is 2.47 bits per heavy atom. The molecule has 0 atom stereocenters. The van der Waals surface area contributed by atoms with E-state index in [1.54, 1.807) is 19.2 Å². The molecular formula is C21H20FN5O2S. The fourth-order valence-electron chi connectivity index (χ4n) is 3.47. The summed E-state index contributed by atoms with van der Waals surface area (Å²) in [7, 11) is 0. The van der Waals surface area contributed by atoms with Gasteiger partial charge in [0.15, 0.2) is 0 Å². The third-order valence-electron chi connectivity index (χ3n) is 5.20. The molecule has 1 N–H and O–H groups in total. The minimum Gasteiger partial charge on any atom is -0.338 e. The number of amides is 2. The highest BCUT2D eigenvalue weighted by molar-refractivity contribution is 7.07. The van der Waals surface area contributed by atoms with Crippen molar-refractivity contribution in [2.45, 2.75) is 25.7 Å². The minimum absolute atomic E-state index is 0.0123. The average molecular weight is 425 g/mol. The highest BCUT2D eigenvalue weighted by Crippen LogP contribution is 2.28. The molecule has 0 aliphatic carbocycles. The standard InChI is InChI=1S/C21H20FN5O2S/c1-13-19(30-26-25-13)21(29)27-10-8-14(9-11-27)18-7-2-15(12-23-18)20(28)24-17-5-3-16(22)4-6-17/h2-7,12,14H,8-11H2,1H3,(H,24,28). The molecule has 1 aromatic carbocycles. The van der Waals surface area contributed by atoms with Crippen LogP contribution < -0.4 is 5.32 Å². The predicted octanol–water partition coefficient (Wildman–Crippen LogP) is 3.65. The number of nitrogens with one attached hydrogen (secondary N) is 1. The number of aromatic nitrogens is 3. The second-order valence-corrected chi connectivity index (χ2v) is 7.94. The van der Waals surface area contributed by atoms with Crippen molar-refractivity contribution >= 4 is 29.0 Å². The van der Waals surface area contributed by atoms with E-state index >= 15 is 0 Å². The molecule has 4 rings (SSSR count). The maximum atomic E-state index is 13.0. The number of halogens is 1. The van der Waals surface area contributed by atoms with Crippen LogP contribution in [-0.4, -0.2) is 44.4 Å². The zero-order valence-electron chi connectivity index (χ0n) is 16.3. The number of anilines is 1. The van der Waals surface area contributed by atoms with E-state index in [0.29, 0.717) is 34.9 Å². The first-order valence-corrected chi connectivity index (χ1v) is 10.4. The van der Waals surface area contributed by atoms with E-state index in [9.17, 15) is 14.0 Å². The van der Waals surface area contributed by atoms with Crippen LogP contribution in [0.4, 0.5) is 10.1 Å². The summed E-state index contributed by atoms with van der Waals surface area (Å²) >= 11 is 1.13. The topological polar surface area (TPSA) is 88.1 Å². The van der Waals surface area contributed by atoms with Crippen molar-refractivity contribution in [1.82, 2.24) is 19.5 Å². The molecule has 0 bridgehead atoms. The van der Waals surface area contributed by atoms with Gasteiger partial charge in [0.05, 0.1) is 11.3 Å². The second-order valence-electron chi connectivity index (χ2n) is 7.19. The van der Waals surface area contributed by atoms with Crippen LogP contribution in [0.3, 0.4) is 0 Å². The number of likely N-dealkylation sites (tertiary alicyclic amines) is 1. The molecule has 3 aromatic rings. The Morgan fingerprint density at radius 1 is 1.13 bits per heavy atom. The van der Waals surface area contributed by atoms with Crippen LogP contribution in [0.25, 0.3) is 0 Å². The van der Waals surface area contributed by atoms with Crippen molar-refractivity contribution in [3.05, 3.63) is 70.2 Å². The lowest BCUT2D eigenvalue weighted by Crippen LogP contribution is -2.38. The lowest BCUT2D eigenvalue weighted by molar-refractivity contribution is 0.0715. The Bertz CT molecular complexity index is 1040. The minimum atomic E-state index is -0.356. The molecule has 2 amide bonds. The molecule has 9 heteroatoms. The van der Waals surface area contributed by atoms with Crippen LogP contribution >= 0.6 is 11.5 Å². The predicted molar refractivity (Wildman–Crippen MR) is 111 cm³/mol. The summed E-state index contributed by atoms with van der Waals surface area (Å²) in [6, 6.07) is 9.20. The van der Waals surface area contributed by atoms with Gasteiger partial charge in [-0.25, -0.2) is 4.39 Å². The van der Waals surface area contributed by atoms with E-state index in [1.165, 1.54) is 24.3 Å². The summed E-state index contributed by atoms with van der Waals surface area (Å²) < 4.78 is 16.8. The van der Waals surface area contributed by atoms with Crippen LogP contribution in [-0.2, 0) is 0 Å². The zero-order chi connectivity index (χ0) is 21.1. The number of benzene rings is 1. The maximum absolute atomic E-state index is 13.0. The highest BCUT2D eigenvalue weighted by atomic mass is 32.1. The number of pyridine rings is 1. The molecular weight excluding hydrogens is 405 g/mol. The third-order valence-corrected chi connectivity index (χ3v) is 6.01. The largest absolute Gasteiger partial charge is 0.338 e. The first-order valence-electron chi connectivity index (χ1n) is 9.62. The molecule has 1 aliphatic heterocycles. The van der Waals surface area contributed by atoms with Gasteiger partial charge in [-0.1, -0.05) is 4.49 Å². The first-order chi connectivity index (χ1) is 14.5. The maximum Gasteiger partial charge on any atom is 0.267 e. The Hall–Kier alpha value is -3.20. The monoisotopic (exact) mass is 425 g/mol. The van der Waals surface area contributed by atoms with E-state index in [2.05, 4.69) is 19.9 Å². The molecule has 0 unspecified atom stereocenters. The number of hydrogen-bond donors (Lipinski definition) is 1. The fourth-order valence-corrected chi connectivity index (χ4v) is 4.09. The smallest absolute Gasteiger partial charge is 0.267 e. The highest BCUT2D eigenvalue weighted by Gasteiger charge is 2.27. The molecule has 30 heavy (non-hydrogen) atoms. The van der Waals surface area contributed by atoms with Gasteiger partial charge in [0, 0.05) is 36.6 Å². The lowest BCUT2D eigenvalue weighted by atomic mass is 9.92. The Labute approximate surface area is 177 Å². The normalized spacial score (nSPS) is 14.5. The molecule has 1 fully saturated rings. The molecule has 154 valence electrons. The molecule has 7 nitrogen and oxygen atoms in total. The molecule has 0 saturated carbocycles. The average Bonchev–Trinajstić information content (AvgIpc) is 3.21. The summed E-state index contributed by atoms with van der Waals surface area (Å²) in [5, 5.41) is 6.63. The quantitative estimate of drug-likeness (QED) is 0.689. The second kappa shape index (κ2) is 8.66. The van der Waals surface area contributed by atoms with Crippen molar-refractivity contribution in [3.8, 4) is 0 Å². The molecule has 0 spiro atoms. The van der Waals surface area contributed by atoms with E-state index in [-0.39, 0.29) is 23.5 Å². The zero-order valence-corrected chi connectivity index (χ0v) is 17.2. The van der Waals surface area contributed by atoms with Crippen LogP contribution in [0, 0.1) is 12.7 Å². The number of rotatable bonds is 4. The third kappa shape index (κ3) is 4.35. The van der Waals surface area contributed by atoms with Gasteiger partial charge in [-0.2, -0.15) is 0 Å². The first kappa shape index (κ1) is 20.1. The van der Waals surface area contributed by atoms with Crippen molar-refractivity contribution in [1.29, 1.82) is 0 Å². The van der Waals surface area contributed by atoms with Gasteiger partial charge < -0.3 is 10.2 Å². The molecule has 1 aliphatic rings. The molecule has 2 aromatic heterocycles. The molecule has 1 saturated heterocycles. The fraction of sp³-hybridized carbons (Fsp3) is 0.286. The number of hydrogen-bond acceptors (Lipinski definition) is 6. The summed E-state index contributed by atoms with van der Waals surface area (Å²) in [6.07, 6.45) is 3.17. The Balaban J connectivity index is 1.34. The van der Waals surface area contributed by atoms with Gasteiger partial charge in [0.1, 0.15) is 10.7 Å². The van der Waals surface area contributed by atoms with E-state index in [1.807, 2.05) is 11.0 Å². The Morgan fingerprint density at radius 2 is 1.87 bits per heavy atom. The van der Waals surface area contributed by atoms with Crippen molar-refractivity contribution in [3.63, 3.8) is 0 Å². The van der Waals surface area contributed by atoms with E-state index in [4.69, 9.17) is 0 Å². The van der Waals surface area contributed by atoms with E-state index < -0.39 is 0 Å². The Kier molecular flexibility index (Phi) is 5.80. The van der Waals surface area contributed by atoms with Gasteiger partial charge in [0.25, 0.3) is 11.8 Å². The van der Waals surface area contributed by atoms with Gasteiger partial charge in [-0.3, -0.25) is 14.6 Å². The number of piperidine rings is 1. The van der Waals surface area contributed by atoms with Gasteiger partial charge >= 0.3 is 0 Å². The van der Waals surface area contributed by atoms with Crippen molar-refractivity contribution in [2.75, 3.05) is 18.4 Å². The van der Waals surface area contributed by atoms with E-state index in [0.717, 1.165) is 30.1 Å². The van der Waals surface area contributed by atoms with Gasteiger partial charge in [0.2, 0.25) is 0 Å². The van der Waals surface area contributed by atoms with Crippen molar-refractivity contribution in [2.24, 2.45) is 0 Å². The number of nitrogens with zero attached hydrogens (tertiary/aromatic N) is 4. The molecule has 0 radical (unpaired) electrons. The number of carbonyl (C=O) groups excluding carboxylic acids is 2. The summed E-state index contributed by atoms with van der Waals surface area (Å²) in [5.74, 6) is -0.425. The van der Waals surface area contributed by atoms with Gasteiger partial charge in [-0.05, 0) is 67.7 Å². The SMILES string of the molecule is Cc1nnsc1C(=O)N1CCC(c2ccc(C(=O)Nc3ccc(F)cc3)cn2)CC1.